The van der Waals surface area contributed by atoms with E-state index in [1.807, 2.05) is 0 Å². The van der Waals surface area contributed by atoms with Crippen LogP contribution in [0.15, 0.2) is 41.3 Å². The van der Waals surface area contributed by atoms with Crippen molar-refractivity contribution in [2.75, 3.05) is 38.7 Å². The smallest absolute Gasteiger partial charge is 0.255 e. The zero-order valence-electron chi connectivity index (χ0n) is 19.0. The van der Waals surface area contributed by atoms with E-state index in [-0.39, 0.29) is 22.3 Å². The lowest BCUT2D eigenvalue weighted by atomic mass is 10.2. The van der Waals surface area contributed by atoms with E-state index in [0.29, 0.717) is 42.8 Å². The molecule has 0 bridgehead atoms. The van der Waals surface area contributed by atoms with Crippen molar-refractivity contribution in [3.8, 4) is 11.5 Å². The van der Waals surface area contributed by atoms with Crippen molar-refractivity contribution in [1.82, 2.24) is 4.31 Å². The first kappa shape index (κ1) is 25.3. The predicted molar refractivity (Wildman–Crippen MR) is 127 cm³/mol. The largest absolute Gasteiger partial charge is 0.495 e. The zero-order chi connectivity index (χ0) is 24.0. The van der Waals surface area contributed by atoms with Gasteiger partial charge in [-0.3, -0.25) is 4.79 Å². The van der Waals surface area contributed by atoms with Crippen LogP contribution in [0.25, 0.3) is 0 Å². The van der Waals surface area contributed by atoms with Crippen LogP contribution < -0.4 is 14.8 Å². The lowest BCUT2D eigenvalue weighted by molar-refractivity contribution is 0.0682. The van der Waals surface area contributed by atoms with Crippen molar-refractivity contribution < 1.29 is 27.4 Å². The topological polar surface area (TPSA) is 94.2 Å². The summed E-state index contributed by atoms with van der Waals surface area (Å²) in [4.78, 5) is 13.0. The highest BCUT2D eigenvalue weighted by atomic mass is 35.5. The van der Waals surface area contributed by atoms with Gasteiger partial charge in [-0.15, -0.1) is 0 Å². The standard InChI is InChI=1S/C23H29ClN2O6S/c1-4-26(5-2)33(28,29)22-13-16(8-10-21(22)30-3)23(27)25-19-14-17(24)9-11-20(19)32-15-18-7-6-12-31-18/h8-11,13-14,18H,4-7,12,15H2,1-3H3,(H,25,27). The third-order valence-electron chi connectivity index (χ3n) is 5.39. The van der Waals surface area contributed by atoms with Crippen molar-refractivity contribution in [3.05, 3.63) is 47.0 Å². The van der Waals surface area contributed by atoms with Gasteiger partial charge >= 0.3 is 0 Å². The second-order valence-corrected chi connectivity index (χ2v) is 9.84. The van der Waals surface area contributed by atoms with Crippen molar-refractivity contribution in [3.63, 3.8) is 0 Å². The molecule has 1 aliphatic rings. The van der Waals surface area contributed by atoms with Gasteiger partial charge in [0.15, 0.2) is 0 Å². The number of anilines is 1. The molecular weight excluding hydrogens is 468 g/mol. The third kappa shape index (κ3) is 5.97. The molecule has 0 saturated carbocycles. The number of halogens is 1. The summed E-state index contributed by atoms with van der Waals surface area (Å²) in [5.74, 6) is 0.118. The fourth-order valence-corrected chi connectivity index (χ4v) is 5.41. The quantitative estimate of drug-likeness (QED) is 0.530. The maximum atomic E-state index is 13.1. The molecule has 10 heteroatoms. The molecule has 2 aromatic rings. The maximum Gasteiger partial charge on any atom is 0.255 e. The van der Waals surface area contributed by atoms with Gasteiger partial charge in [-0.25, -0.2) is 8.42 Å². The normalized spacial score (nSPS) is 16.1. The molecule has 0 spiro atoms. The molecule has 8 nitrogen and oxygen atoms in total. The minimum Gasteiger partial charge on any atom is -0.495 e. The molecule has 1 N–H and O–H groups in total. The summed E-state index contributed by atoms with van der Waals surface area (Å²) in [7, 11) is -2.45. The Balaban J connectivity index is 1.86. The Morgan fingerprint density at radius 2 is 1.91 bits per heavy atom. The number of amides is 1. The number of carbonyl (C=O) groups is 1. The second-order valence-electron chi connectivity index (χ2n) is 7.50. The number of carbonyl (C=O) groups excluding carboxylic acids is 1. The van der Waals surface area contributed by atoms with Gasteiger partial charge in [0.05, 0.1) is 18.9 Å². The average Bonchev–Trinajstić information content (AvgIpc) is 3.32. The fourth-order valence-electron chi connectivity index (χ4n) is 3.60. The lowest BCUT2D eigenvalue weighted by Crippen LogP contribution is -2.31. The Morgan fingerprint density at radius 3 is 2.55 bits per heavy atom. The van der Waals surface area contributed by atoms with Gasteiger partial charge in [0, 0.05) is 30.3 Å². The van der Waals surface area contributed by atoms with E-state index < -0.39 is 15.9 Å². The second kappa shape index (κ2) is 11.2. The van der Waals surface area contributed by atoms with E-state index in [1.54, 1.807) is 32.0 Å². The third-order valence-corrected chi connectivity index (χ3v) is 7.69. The predicted octanol–water partition coefficient (Wildman–Crippen LogP) is 4.19. The van der Waals surface area contributed by atoms with Crippen LogP contribution in [0.5, 0.6) is 11.5 Å². The van der Waals surface area contributed by atoms with E-state index in [4.69, 9.17) is 25.8 Å². The van der Waals surface area contributed by atoms with Crippen molar-refractivity contribution in [2.24, 2.45) is 0 Å². The van der Waals surface area contributed by atoms with Crippen LogP contribution in [0.3, 0.4) is 0 Å². The molecule has 3 rings (SSSR count). The number of hydrogen-bond acceptors (Lipinski definition) is 6. The molecule has 1 unspecified atom stereocenters. The van der Waals surface area contributed by atoms with Crippen LogP contribution in [-0.4, -0.2) is 58.1 Å². The molecule has 1 atom stereocenters. The molecule has 2 aromatic carbocycles. The van der Waals surface area contributed by atoms with Gasteiger partial charge in [-0.05, 0) is 49.2 Å². The summed E-state index contributed by atoms with van der Waals surface area (Å²) in [6.45, 7) is 5.18. The first-order chi connectivity index (χ1) is 15.8. The Labute approximate surface area is 199 Å². The van der Waals surface area contributed by atoms with Crippen LogP contribution in [0.1, 0.15) is 37.0 Å². The number of benzene rings is 2. The molecule has 1 heterocycles. The molecule has 1 amide bonds. The van der Waals surface area contributed by atoms with Gasteiger partial charge in [-0.1, -0.05) is 25.4 Å². The average molecular weight is 497 g/mol. The van der Waals surface area contributed by atoms with E-state index in [2.05, 4.69) is 5.32 Å². The van der Waals surface area contributed by atoms with Crippen LogP contribution in [0, 0.1) is 0 Å². The number of methoxy groups -OCH3 is 1. The summed E-state index contributed by atoms with van der Waals surface area (Å²) in [5, 5.41) is 3.20. The Kier molecular flexibility index (Phi) is 8.58. The van der Waals surface area contributed by atoms with Crippen LogP contribution in [-0.2, 0) is 14.8 Å². The number of ether oxygens (including phenoxy) is 3. The number of nitrogens with one attached hydrogen (secondary N) is 1. The van der Waals surface area contributed by atoms with E-state index in [0.717, 1.165) is 12.8 Å². The van der Waals surface area contributed by atoms with Gasteiger partial charge in [0.1, 0.15) is 23.0 Å². The summed E-state index contributed by atoms with van der Waals surface area (Å²) < 4.78 is 44.2. The first-order valence-corrected chi connectivity index (χ1v) is 12.6. The maximum absolute atomic E-state index is 13.1. The summed E-state index contributed by atoms with van der Waals surface area (Å²) >= 11 is 6.13. The van der Waals surface area contributed by atoms with Crippen LogP contribution in [0.4, 0.5) is 5.69 Å². The van der Waals surface area contributed by atoms with Crippen molar-refractivity contribution in [1.29, 1.82) is 0 Å². The first-order valence-electron chi connectivity index (χ1n) is 10.8. The Morgan fingerprint density at radius 1 is 1.18 bits per heavy atom. The highest BCUT2D eigenvalue weighted by molar-refractivity contribution is 7.89. The van der Waals surface area contributed by atoms with E-state index in [9.17, 15) is 13.2 Å². The molecule has 33 heavy (non-hydrogen) atoms. The summed E-state index contributed by atoms with van der Waals surface area (Å²) in [6, 6.07) is 9.23. The summed E-state index contributed by atoms with van der Waals surface area (Å²) in [5.41, 5.74) is 0.543. The van der Waals surface area contributed by atoms with Crippen LogP contribution in [0.2, 0.25) is 5.02 Å². The van der Waals surface area contributed by atoms with Crippen LogP contribution >= 0.6 is 11.6 Å². The van der Waals surface area contributed by atoms with E-state index >= 15 is 0 Å². The SMILES string of the molecule is CCN(CC)S(=O)(=O)c1cc(C(=O)Nc2cc(Cl)ccc2OCC2CCCO2)ccc1OC. The Bertz CT molecular complexity index is 1080. The molecule has 0 aromatic heterocycles. The number of hydrogen-bond donors (Lipinski definition) is 1. The van der Waals surface area contributed by atoms with Gasteiger partial charge in [0.25, 0.3) is 5.91 Å². The molecular formula is C23H29ClN2O6S. The number of rotatable bonds is 10. The minimum atomic E-state index is -3.84. The highest BCUT2D eigenvalue weighted by Gasteiger charge is 2.27. The minimum absolute atomic E-state index is 0.0126. The lowest BCUT2D eigenvalue weighted by Gasteiger charge is -2.20. The number of sulfonamides is 1. The zero-order valence-corrected chi connectivity index (χ0v) is 20.5. The van der Waals surface area contributed by atoms with Crippen molar-refractivity contribution >= 4 is 33.2 Å². The molecule has 1 fully saturated rings. The highest BCUT2D eigenvalue weighted by Crippen LogP contribution is 2.31. The summed E-state index contributed by atoms with van der Waals surface area (Å²) in [6.07, 6.45) is 1.93. The molecule has 0 aliphatic carbocycles. The Hall–Kier alpha value is -2.33. The van der Waals surface area contributed by atoms with Gasteiger partial charge in [0.2, 0.25) is 10.0 Å². The molecule has 1 aliphatic heterocycles. The molecule has 180 valence electrons. The fraction of sp³-hybridized carbons (Fsp3) is 0.435. The molecule has 0 radical (unpaired) electrons. The van der Waals surface area contributed by atoms with E-state index in [1.165, 1.54) is 29.6 Å². The monoisotopic (exact) mass is 496 g/mol. The molecule has 1 saturated heterocycles. The van der Waals surface area contributed by atoms with Crippen molar-refractivity contribution in [2.45, 2.75) is 37.7 Å². The number of nitrogens with zero attached hydrogens (tertiary/aromatic N) is 1. The van der Waals surface area contributed by atoms with Gasteiger partial charge < -0.3 is 19.5 Å². The van der Waals surface area contributed by atoms with Gasteiger partial charge in [-0.2, -0.15) is 4.31 Å².